The number of phenols is 1. The van der Waals surface area contributed by atoms with Crippen LogP contribution in [0.1, 0.15) is 36.8 Å². The normalized spacial score (nSPS) is 22.6. The molecule has 1 aliphatic rings. The molecule has 0 aromatic heterocycles. The van der Waals surface area contributed by atoms with Gasteiger partial charge in [0.2, 0.25) is 5.91 Å². The molecule has 2 rings (SSSR count). The van der Waals surface area contributed by atoms with Gasteiger partial charge < -0.3 is 16.2 Å². The van der Waals surface area contributed by atoms with E-state index in [4.69, 9.17) is 5.73 Å². The van der Waals surface area contributed by atoms with Crippen LogP contribution in [0.3, 0.4) is 0 Å². The molecular formula is C16H24N2O2. The van der Waals surface area contributed by atoms with Gasteiger partial charge in [-0.3, -0.25) is 4.79 Å². The molecule has 0 spiro atoms. The molecule has 1 fully saturated rings. The van der Waals surface area contributed by atoms with Crippen LogP contribution < -0.4 is 11.1 Å². The molecule has 0 bridgehead atoms. The number of benzene rings is 1. The molecule has 0 radical (unpaired) electrons. The van der Waals surface area contributed by atoms with E-state index in [0.717, 1.165) is 36.1 Å². The van der Waals surface area contributed by atoms with Crippen LogP contribution in [0.15, 0.2) is 12.1 Å². The van der Waals surface area contributed by atoms with Gasteiger partial charge in [0.05, 0.1) is 0 Å². The maximum atomic E-state index is 12.5. The predicted octanol–water partition coefficient (Wildman–Crippen LogP) is 2.71. The predicted molar refractivity (Wildman–Crippen MR) is 80.7 cm³/mol. The smallest absolute Gasteiger partial charge is 0.227 e. The minimum atomic E-state index is 0.0160. The van der Waals surface area contributed by atoms with Crippen molar-refractivity contribution in [2.45, 2.75) is 39.5 Å². The van der Waals surface area contributed by atoms with Crippen molar-refractivity contribution in [3.8, 4) is 5.75 Å². The SMILES string of the molecule is Cc1cc(NC(=O)C2CCCCC2CN)c(C)cc1O. The number of hydrogen-bond acceptors (Lipinski definition) is 3. The minimum Gasteiger partial charge on any atom is -0.508 e. The zero-order chi connectivity index (χ0) is 14.7. The summed E-state index contributed by atoms with van der Waals surface area (Å²) in [4.78, 5) is 12.5. The summed E-state index contributed by atoms with van der Waals surface area (Å²) in [6.45, 7) is 4.29. The van der Waals surface area contributed by atoms with Crippen molar-refractivity contribution in [2.24, 2.45) is 17.6 Å². The second-order valence-corrected chi connectivity index (χ2v) is 5.83. The van der Waals surface area contributed by atoms with E-state index in [9.17, 15) is 9.90 Å². The van der Waals surface area contributed by atoms with Gasteiger partial charge in [-0.15, -0.1) is 0 Å². The van der Waals surface area contributed by atoms with Gasteiger partial charge >= 0.3 is 0 Å². The number of nitrogens with two attached hydrogens (primary N) is 1. The quantitative estimate of drug-likeness (QED) is 0.743. The van der Waals surface area contributed by atoms with Crippen LogP contribution in [0.25, 0.3) is 0 Å². The Morgan fingerprint density at radius 1 is 1.30 bits per heavy atom. The topological polar surface area (TPSA) is 75.4 Å². The van der Waals surface area contributed by atoms with Gasteiger partial charge in [-0.05, 0) is 62.4 Å². The zero-order valence-corrected chi connectivity index (χ0v) is 12.3. The lowest BCUT2D eigenvalue weighted by Gasteiger charge is -2.29. The largest absolute Gasteiger partial charge is 0.508 e. The molecule has 1 amide bonds. The third-order valence-electron chi connectivity index (χ3n) is 4.35. The van der Waals surface area contributed by atoms with Crippen LogP contribution >= 0.6 is 0 Å². The molecular weight excluding hydrogens is 252 g/mol. The van der Waals surface area contributed by atoms with Gasteiger partial charge in [-0.25, -0.2) is 0 Å². The van der Waals surface area contributed by atoms with Gasteiger partial charge in [0.25, 0.3) is 0 Å². The number of amides is 1. The fourth-order valence-electron chi connectivity index (χ4n) is 3.00. The minimum absolute atomic E-state index is 0.0160. The van der Waals surface area contributed by atoms with Crippen LogP contribution in [0.2, 0.25) is 0 Å². The van der Waals surface area contributed by atoms with Crippen molar-refractivity contribution in [3.05, 3.63) is 23.3 Å². The number of anilines is 1. The van der Waals surface area contributed by atoms with Crippen molar-refractivity contribution in [1.82, 2.24) is 0 Å². The van der Waals surface area contributed by atoms with Gasteiger partial charge in [-0.2, -0.15) is 0 Å². The van der Waals surface area contributed by atoms with E-state index in [-0.39, 0.29) is 17.6 Å². The van der Waals surface area contributed by atoms with E-state index in [1.807, 2.05) is 19.9 Å². The highest BCUT2D eigenvalue weighted by Gasteiger charge is 2.30. The summed E-state index contributed by atoms with van der Waals surface area (Å²) in [5, 5.41) is 12.7. The first-order valence-electron chi connectivity index (χ1n) is 7.34. The van der Waals surface area contributed by atoms with Crippen molar-refractivity contribution < 1.29 is 9.90 Å². The molecule has 0 saturated heterocycles. The molecule has 1 aromatic rings. The molecule has 1 aromatic carbocycles. The van der Waals surface area contributed by atoms with E-state index < -0.39 is 0 Å². The Balaban J connectivity index is 2.13. The summed E-state index contributed by atoms with van der Waals surface area (Å²) >= 11 is 0. The summed E-state index contributed by atoms with van der Waals surface area (Å²) in [5.74, 6) is 0.635. The lowest BCUT2D eigenvalue weighted by atomic mass is 9.78. The molecule has 2 atom stereocenters. The number of phenolic OH excluding ortho intramolecular Hbond substituents is 1. The van der Waals surface area contributed by atoms with E-state index in [1.165, 1.54) is 6.42 Å². The highest BCUT2D eigenvalue weighted by Crippen LogP contribution is 2.31. The summed E-state index contributed by atoms with van der Waals surface area (Å²) in [7, 11) is 0. The van der Waals surface area contributed by atoms with Crippen molar-refractivity contribution >= 4 is 11.6 Å². The van der Waals surface area contributed by atoms with Crippen LogP contribution in [0, 0.1) is 25.7 Å². The zero-order valence-electron chi connectivity index (χ0n) is 12.3. The monoisotopic (exact) mass is 276 g/mol. The number of hydrogen-bond donors (Lipinski definition) is 3. The molecule has 0 heterocycles. The third-order valence-corrected chi connectivity index (χ3v) is 4.35. The summed E-state index contributed by atoms with van der Waals surface area (Å²) < 4.78 is 0. The van der Waals surface area contributed by atoms with Crippen LogP contribution in [0.5, 0.6) is 5.75 Å². The van der Waals surface area contributed by atoms with Crippen LogP contribution in [-0.2, 0) is 4.79 Å². The summed E-state index contributed by atoms with van der Waals surface area (Å²) in [5.41, 5.74) is 8.21. The van der Waals surface area contributed by atoms with Gasteiger partial charge in [0.15, 0.2) is 0 Å². The lowest BCUT2D eigenvalue weighted by molar-refractivity contribution is -0.122. The Labute approximate surface area is 120 Å². The Bertz CT molecular complexity index is 499. The second-order valence-electron chi connectivity index (χ2n) is 5.83. The number of nitrogens with one attached hydrogen (secondary N) is 1. The lowest BCUT2D eigenvalue weighted by Crippen LogP contribution is -2.35. The van der Waals surface area contributed by atoms with E-state index in [1.54, 1.807) is 6.07 Å². The van der Waals surface area contributed by atoms with Crippen molar-refractivity contribution in [1.29, 1.82) is 0 Å². The average Bonchev–Trinajstić information content (AvgIpc) is 2.44. The van der Waals surface area contributed by atoms with E-state index >= 15 is 0 Å². The summed E-state index contributed by atoms with van der Waals surface area (Å²) in [6, 6.07) is 3.51. The highest BCUT2D eigenvalue weighted by atomic mass is 16.3. The Morgan fingerprint density at radius 3 is 2.70 bits per heavy atom. The fourth-order valence-corrected chi connectivity index (χ4v) is 3.00. The second kappa shape index (κ2) is 6.27. The highest BCUT2D eigenvalue weighted by molar-refractivity contribution is 5.93. The average molecular weight is 276 g/mol. The molecule has 1 saturated carbocycles. The molecule has 4 nitrogen and oxygen atoms in total. The van der Waals surface area contributed by atoms with E-state index in [0.29, 0.717) is 12.5 Å². The van der Waals surface area contributed by atoms with E-state index in [2.05, 4.69) is 5.32 Å². The standard InChI is InChI=1S/C16H24N2O2/c1-10-8-15(19)11(2)7-14(10)18-16(20)13-6-4-3-5-12(13)9-17/h7-8,12-13,19H,3-6,9,17H2,1-2H3,(H,18,20). The van der Waals surface area contributed by atoms with Crippen molar-refractivity contribution in [3.63, 3.8) is 0 Å². The van der Waals surface area contributed by atoms with Gasteiger partial charge in [0, 0.05) is 11.6 Å². The first-order chi connectivity index (χ1) is 9.52. The maximum Gasteiger partial charge on any atom is 0.227 e. The maximum absolute atomic E-state index is 12.5. The Kier molecular flexibility index (Phi) is 4.65. The third kappa shape index (κ3) is 3.12. The number of carbonyl (C=O) groups excluding carboxylic acids is 1. The molecule has 0 aliphatic heterocycles. The molecule has 1 aliphatic carbocycles. The molecule has 20 heavy (non-hydrogen) atoms. The molecule has 110 valence electrons. The number of aryl methyl sites for hydroxylation is 2. The number of carbonyl (C=O) groups is 1. The number of aromatic hydroxyl groups is 1. The Hall–Kier alpha value is -1.55. The Morgan fingerprint density at radius 2 is 2.00 bits per heavy atom. The van der Waals surface area contributed by atoms with Crippen LogP contribution in [-0.4, -0.2) is 17.6 Å². The number of rotatable bonds is 3. The first kappa shape index (κ1) is 14.9. The van der Waals surface area contributed by atoms with Crippen molar-refractivity contribution in [2.75, 3.05) is 11.9 Å². The molecule has 4 N–H and O–H groups in total. The van der Waals surface area contributed by atoms with Gasteiger partial charge in [0.1, 0.15) is 5.75 Å². The summed E-state index contributed by atoms with van der Waals surface area (Å²) in [6.07, 6.45) is 4.23. The van der Waals surface area contributed by atoms with Gasteiger partial charge in [-0.1, -0.05) is 12.8 Å². The first-order valence-corrected chi connectivity index (χ1v) is 7.34. The fraction of sp³-hybridized carbons (Fsp3) is 0.562. The van der Waals surface area contributed by atoms with Crippen LogP contribution in [0.4, 0.5) is 5.69 Å². The molecule has 2 unspecified atom stereocenters. The molecule has 4 heteroatoms.